The summed E-state index contributed by atoms with van der Waals surface area (Å²) >= 11 is 0. The summed E-state index contributed by atoms with van der Waals surface area (Å²) in [4.78, 5) is -0.365. The largest absolute Gasteiger partial charge is 0.399 e. The molecule has 0 aliphatic heterocycles. The first-order valence-electron chi connectivity index (χ1n) is 7.88. The van der Waals surface area contributed by atoms with Gasteiger partial charge in [0.15, 0.2) is 0 Å². The predicted octanol–water partition coefficient (Wildman–Crippen LogP) is 3.71. The number of hydrogen-bond acceptors (Lipinski definition) is 3. The van der Waals surface area contributed by atoms with Gasteiger partial charge in [0.25, 0.3) is 0 Å². The molecule has 0 saturated heterocycles. The molecular weight excluding hydrogens is 327 g/mol. The first-order chi connectivity index (χ1) is 11.3. The van der Waals surface area contributed by atoms with Crippen LogP contribution in [0.2, 0.25) is 0 Å². The van der Waals surface area contributed by atoms with Crippen LogP contribution >= 0.6 is 0 Å². The topological polar surface area (TPSA) is 63.4 Å². The van der Waals surface area contributed by atoms with Crippen LogP contribution in [0.3, 0.4) is 0 Å². The molecule has 0 aliphatic rings. The highest BCUT2D eigenvalue weighted by Crippen LogP contribution is 2.28. The van der Waals surface area contributed by atoms with Crippen molar-refractivity contribution in [3.63, 3.8) is 0 Å². The fourth-order valence-electron chi connectivity index (χ4n) is 2.52. The van der Waals surface area contributed by atoms with Crippen LogP contribution < -0.4 is 5.73 Å². The Kier molecular flexibility index (Phi) is 5.62. The van der Waals surface area contributed by atoms with E-state index in [1.807, 2.05) is 44.2 Å². The Labute approximate surface area is 143 Å². The van der Waals surface area contributed by atoms with Crippen LogP contribution in [0.4, 0.5) is 10.1 Å². The Hall–Kier alpha value is -1.92. The summed E-state index contributed by atoms with van der Waals surface area (Å²) in [5, 5.41) is 0. The number of nitrogens with zero attached hydrogens (tertiary/aromatic N) is 1. The SMILES string of the molecule is CCC(C)N(Cc1ccccc1)S(=O)(=O)c1cc(N)cc(C)c1F. The van der Waals surface area contributed by atoms with E-state index >= 15 is 0 Å². The molecule has 1 unspecified atom stereocenters. The van der Waals surface area contributed by atoms with Gasteiger partial charge in [-0.3, -0.25) is 0 Å². The first kappa shape index (κ1) is 18.4. The Morgan fingerprint density at radius 3 is 2.42 bits per heavy atom. The maximum absolute atomic E-state index is 14.5. The van der Waals surface area contributed by atoms with Crippen molar-refractivity contribution in [2.24, 2.45) is 0 Å². The number of sulfonamides is 1. The molecule has 0 aromatic heterocycles. The maximum atomic E-state index is 14.5. The standard InChI is InChI=1S/C18H23FN2O2S/c1-4-14(3)21(12-15-8-6-5-7-9-15)24(22,23)17-11-16(20)10-13(2)18(17)19/h5-11,14H,4,12,20H2,1-3H3. The normalized spacial score (nSPS) is 13.2. The van der Waals surface area contributed by atoms with Crippen molar-refractivity contribution in [2.45, 2.75) is 44.7 Å². The molecular formula is C18H23FN2O2S. The predicted molar refractivity (Wildman–Crippen MR) is 94.5 cm³/mol. The smallest absolute Gasteiger partial charge is 0.246 e. The molecule has 4 nitrogen and oxygen atoms in total. The third-order valence-electron chi connectivity index (χ3n) is 4.09. The molecule has 0 fully saturated rings. The molecule has 2 aromatic rings. The molecule has 130 valence electrons. The van der Waals surface area contributed by atoms with Gasteiger partial charge in [0.05, 0.1) is 0 Å². The minimum Gasteiger partial charge on any atom is -0.399 e. The lowest BCUT2D eigenvalue weighted by Gasteiger charge is -2.28. The van der Waals surface area contributed by atoms with Gasteiger partial charge in [-0.1, -0.05) is 37.3 Å². The number of benzene rings is 2. The lowest BCUT2D eigenvalue weighted by atomic mass is 10.2. The summed E-state index contributed by atoms with van der Waals surface area (Å²) in [6, 6.07) is 11.6. The molecule has 6 heteroatoms. The van der Waals surface area contributed by atoms with Crippen LogP contribution in [0.25, 0.3) is 0 Å². The van der Waals surface area contributed by atoms with E-state index in [0.29, 0.717) is 6.42 Å². The van der Waals surface area contributed by atoms with Crippen molar-refractivity contribution >= 4 is 15.7 Å². The minimum atomic E-state index is -4.01. The molecule has 0 saturated carbocycles. The Bertz CT molecular complexity index is 807. The Morgan fingerprint density at radius 1 is 1.21 bits per heavy atom. The number of aryl methyl sites for hydroxylation is 1. The molecule has 0 bridgehead atoms. The maximum Gasteiger partial charge on any atom is 0.246 e. The van der Waals surface area contributed by atoms with Gasteiger partial charge in [-0.25, -0.2) is 12.8 Å². The van der Waals surface area contributed by atoms with Crippen molar-refractivity contribution in [1.82, 2.24) is 4.31 Å². The lowest BCUT2D eigenvalue weighted by Crippen LogP contribution is -2.38. The van der Waals surface area contributed by atoms with Crippen molar-refractivity contribution in [2.75, 3.05) is 5.73 Å². The van der Waals surface area contributed by atoms with Gasteiger partial charge in [-0.05, 0) is 43.5 Å². The second-order valence-corrected chi connectivity index (χ2v) is 7.80. The van der Waals surface area contributed by atoms with E-state index in [4.69, 9.17) is 5.73 Å². The second-order valence-electron chi connectivity index (χ2n) is 5.94. The van der Waals surface area contributed by atoms with Crippen molar-refractivity contribution in [3.8, 4) is 0 Å². The van der Waals surface area contributed by atoms with Crippen LogP contribution in [-0.4, -0.2) is 18.8 Å². The van der Waals surface area contributed by atoms with Crippen molar-refractivity contribution in [1.29, 1.82) is 0 Å². The third-order valence-corrected chi connectivity index (χ3v) is 6.05. The summed E-state index contributed by atoms with van der Waals surface area (Å²) in [5.74, 6) is -0.745. The first-order valence-corrected chi connectivity index (χ1v) is 9.32. The summed E-state index contributed by atoms with van der Waals surface area (Å²) in [7, 11) is -4.01. The van der Waals surface area contributed by atoms with Gasteiger partial charge in [-0.2, -0.15) is 4.31 Å². The Balaban J connectivity index is 2.52. The van der Waals surface area contributed by atoms with E-state index < -0.39 is 15.8 Å². The van der Waals surface area contributed by atoms with Gasteiger partial charge < -0.3 is 5.73 Å². The quantitative estimate of drug-likeness (QED) is 0.808. The molecule has 0 radical (unpaired) electrons. The minimum absolute atomic E-state index is 0.186. The zero-order valence-electron chi connectivity index (χ0n) is 14.2. The molecule has 0 aliphatic carbocycles. The van der Waals surface area contributed by atoms with E-state index in [0.717, 1.165) is 5.56 Å². The van der Waals surface area contributed by atoms with Crippen LogP contribution in [0.1, 0.15) is 31.4 Å². The number of rotatable bonds is 6. The van der Waals surface area contributed by atoms with Crippen molar-refractivity contribution < 1.29 is 12.8 Å². The molecule has 2 N–H and O–H groups in total. The van der Waals surface area contributed by atoms with E-state index in [9.17, 15) is 12.8 Å². The van der Waals surface area contributed by atoms with E-state index in [-0.39, 0.29) is 28.7 Å². The fourth-order valence-corrected chi connectivity index (χ4v) is 4.39. The molecule has 0 amide bonds. The van der Waals surface area contributed by atoms with Crippen LogP contribution in [0.15, 0.2) is 47.4 Å². The van der Waals surface area contributed by atoms with Crippen molar-refractivity contribution in [3.05, 3.63) is 59.4 Å². The summed E-state index contributed by atoms with van der Waals surface area (Å²) in [5.41, 5.74) is 7.04. The number of hydrogen-bond donors (Lipinski definition) is 1. The monoisotopic (exact) mass is 350 g/mol. The highest BCUT2D eigenvalue weighted by Gasteiger charge is 2.31. The van der Waals surface area contributed by atoms with E-state index in [1.54, 1.807) is 0 Å². The average Bonchev–Trinajstić information content (AvgIpc) is 2.56. The number of nitrogen functional groups attached to an aromatic ring is 1. The molecule has 1 atom stereocenters. The van der Waals surface area contributed by atoms with Gasteiger partial charge in [-0.15, -0.1) is 0 Å². The van der Waals surface area contributed by atoms with Crippen LogP contribution in [0, 0.1) is 12.7 Å². The number of anilines is 1. The highest BCUT2D eigenvalue weighted by molar-refractivity contribution is 7.89. The molecule has 24 heavy (non-hydrogen) atoms. The van der Waals surface area contributed by atoms with Crippen LogP contribution in [-0.2, 0) is 16.6 Å². The summed E-state index contributed by atoms with van der Waals surface area (Å²) in [6.07, 6.45) is 0.620. The Morgan fingerprint density at radius 2 is 1.83 bits per heavy atom. The fraction of sp³-hybridized carbons (Fsp3) is 0.333. The third kappa shape index (κ3) is 3.76. The second kappa shape index (κ2) is 7.32. The zero-order chi connectivity index (χ0) is 17.9. The number of nitrogens with two attached hydrogens (primary N) is 1. The summed E-state index contributed by atoms with van der Waals surface area (Å²) < 4.78 is 42.0. The molecule has 0 spiro atoms. The van der Waals surface area contributed by atoms with E-state index in [1.165, 1.54) is 23.4 Å². The molecule has 2 rings (SSSR count). The van der Waals surface area contributed by atoms with Gasteiger partial charge in [0, 0.05) is 18.3 Å². The lowest BCUT2D eigenvalue weighted by molar-refractivity contribution is 0.321. The van der Waals surface area contributed by atoms with Gasteiger partial charge in [0.1, 0.15) is 10.7 Å². The highest BCUT2D eigenvalue weighted by atomic mass is 32.2. The number of halogens is 1. The van der Waals surface area contributed by atoms with Gasteiger partial charge in [0.2, 0.25) is 10.0 Å². The zero-order valence-corrected chi connectivity index (χ0v) is 15.0. The molecule has 0 heterocycles. The van der Waals surface area contributed by atoms with Gasteiger partial charge >= 0.3 is 0 Å². The summed E-state index contributed by atoms with van der Waals surface area (Å²) in [6.45, 7) is 5.41. The molecule has 2 aromatic carbocycles. The van der Waals surface area contributed by atoms with Crippen LogP contribution in [0.5, 0.6) is 0 Å². The average molecular weight is 350 g/mol. The van der Waals surface area contributed by atoms with E-state index in [2.05, 4.69) is 0 Å².